The zero-order chi connectivity index (χ0) is 16.8. The Balaban J connectivity index is 1.95. The molecule has 7 heteroatoms. The fourth-order valence-electron chi connectivity index (χ4n) is 2.24. The normalized spacial score (nSPS) is 13.3. The molecule has 2 N–H and O–H groups in total. The highest BCUT2D eigenvalue weighted by molar-refractivity contribution is 5.99. The number of para-hydroxylation sites is 1. The van der Waals surface area contributed by atoms with Gasteiger partial charge in [0.15, 0.2) is 0 Å². The van der Waals surface area contributed by atoms with Crippen molar-refractivity contribution >= 4 is 17.8 Å². The van der Waals surface area contributed by atoms with Crippen molar-refractivity contribution in [1.29, 1.82) is 0 Å². The second-order valence-corrected chi connectivity index (χ2v) is 5.26. The Bertz CT molecular complexity index is 598. The van der Waals surface area contributed by atoms with E-state index in [9.17, 15) is 14.4 Å². The van der Waals surface area contributed by atoms with E-state index in [-0.39, 0.29) is 19.1 Å². The lowest BCUT2D eigenvalue weighted by molar-refractivity contribution is -0.144. The van der Waals surface area contributed by atoms with Crippen LogP contribution in [0.3, 0.4) is 0 Å². The Morgan fingerprint density at radius 3 is 2.61 bits per heavy atom. The average molecular weight is 320 g/mol. The van der Waals surface area contributed by atoms with E-state index in [2.05, 4.69) is 5.32 Å². The lowest BCUT2D eigenvalue weighted by atomic mass is 10.2. The van der Waals surface area contributed by atoms with Gasteiger partial charge >= 0.3 is 5.97 Å². The number of nitrogens with zero attached hydrogens (tertiary/aromatic N) is 1. The lowest BCUT2D eigenvalue weighted by Gasteiger charge is -2.20. The van der Waals surface area contributed by atoms with Crippen LogP contribution in [0.25, 0.3) is 0 Å². The summed E-state index contributed by atoms with van der Waals surface area (Å²) in [5.74, 6) is -1.42. The number of benzene rings is 1. The van der Waals surface area contributed by atoms with Gasteiger partial charge in [0.05, 0.1) is 18.7 Å². The number of hydrogen-bond donors (Lipinski definition) is 2. The van der Waals surface area contributed by atoms with Crippen molar-refractivity contribution in [1.82, 2.24) is 10.2 Å². The molecule has 0 heterocycles. The molecule has 0 radical (unpaired) electrons. The maximum absolute atomic E-state index is 12.2. The van der Waals surface area contributed by atoms with Crippen LogP contribution in [0, 0.1) is 0 Å². The van der Waals surface area contributed by atoms with E-state index < -0.39 is 17.8 Å². The summed E-state index contributed by atoms with van der Waals surface area (Å²) in [4.78, 5) is 36.4. The van der Waals surface area contributed by atoms with Crippen molar-refractivity contribution in [3.8, 4) is 5.75 Å². The average Bonchev–Trinajstić information content (AvgIpc) is 3.35. The molecule has 0 bridgehead atoms. The van der Waals surface area contributed by atoms with Gasteiger partial charge in [-0.3, -0.25) is 14.4 Å². The molecule has 1 saturated carbocycles. The molecule has 1 fully saturated rings. The van der Waals surface area contributed by atoms with Crippen LogP contribution in [-0.2, 0) is 9.59 Å². The molecule has 124 valence electrons. The Labute approximate surface area is 134 Å². The van der Waals surface area contributed by atoms with Gasteiger partial charge in [-0.15, -0.1) is 0 Å². The van der Waals surface area contributed by atoms with Crippen LogP contribution < -0.4 is 10.1 Å². The summed E-state index contributed by atoms with van der Waals surface area (Å²) in [6, 6.07) is 6.74. The predicted octanol–water partition coefficient (Wildman–Crippen LogP) is 0.891. The van der Waals surface area contributed by atoms with Crippen molar-refractivity contribution < 1.29 is 24.2 Å². The predicted molar refractivity (Wildman–Crippen MR) is 82.3 cm³/mol. The minimum atomic E-state index is -1.06. The molecule has 1 aliphatic carbocycles. The fourth-order valence-corrected chi connectivity index (χ4v) is 2.24. The summed E-state index contributed by atoms with van der Waals surface area (Å²) < 4.78 is 5.38. The molecule has 0 atom stereocenters. The minimum absolute atomic E-state index is 0.0220. The third-order valence-corrected chi connectivity index (χ3v) is 3.45. The van der Waals surface area contributed by atoms with Crippen LogP contribution >= 0.6 is 0 Å². The number of rotatable bonds is 8. The van der Waals surface area contributed by atoms with Gasteiger partial charge in [0.25, 0.3) is 5.91 Å². The summed E-state index contributed by atoms with van der Waals surface area (Å²) in [7, 11) is 0. The highest BCUT2D eigenvalue weighted by atomic mass is 16.5. The number of carbonyl (C=O) groups is 3. The molecule has 23 heavy (non-hydrogen) atoms. The Kier molecular flexibility index (Phi) is 5.56. The van der Waals surface area contributed by atoms with Gasteiger partial charge in [-0.05, 0) is 31.9 Å². The van der Waals surface area contributed by atoms with Crippen molar-refractivity contribution in [2.45, 2.75) is 25.8 Å². The van der Waals surface area contributed by atoms with Crippen LogP contribution in [0.4, 0.5) is 0 Å². The van der Waals surface area contributed by atoms with Crippen molar-refractivity contribution in [2.24, 2.45) is 0 Å². The third kappa shape index (κ3) is 4.70. The van der Waals surface area contributed by atoms with Gasteiger partial charge in [0.2, 0.25) is 5.91 Å². The number of aliphatic carboxylic acids is 1. The zero-order valence-electron chi connectivity index (χ0n) is 12.9. The first-order valence-electron chi connectivity index (χ1n) is 7.54. The topological polar surface area (TPSA) is 95.9 Å². The largest absolute Gasteiger partial charge is 0.493 e. The van der Waals surface area contributed by atoms with E-state index in [1.54, 1.807) is 24.3 Å². The highest BCUT2D eigenvalue weighted by Crippen LogP contribution is 2.26. The number of carbonyl (C=O) groups excluding carboxylic acids is 2. The summed E-state index contributed by atoms with van der Waals surface area (Å²) >= 11 is 0. The standard InChI is InChI=1S/C16H20N2O5/c1-2-23-13-6-4-3-5-12(13)16(22)17-9-14(19)18(10-15(20)21)11-7-8-11/h3-6,11H,2,7-10H2,1H3,(H,17,22)(H,20,21). The van der Waals surface area contributed by atoms with Gasteiger partial charge < -0.3 is 20.1 Å². The Morgan fingerprint density at radius 2 is 2.00 bits per heavy atom. The number of carboxylic acid groups (broad SMARTS) is 1. The summed E-state index contributed by atoms with van der Waals surface area (Å²) in [5, 5.41) is 11.4. The molecule has 2 rings (SSSR count). The van der Waals surface area contributed by atoms with E-state index in [4.69, 9.17) is 9.84 Å². The van der Waals surface area contributed by atoms with Crippen LogP contribution in [0.15, 0.2) is 24.3 Å². The fraction of sp³-hybridized carbons (Fsp3) is 0.438. The van der Waals surface area contributed by atoms with Gasteiger partial charge in [-0.25, -0.2) is 0 Å². The molecule has 0 aliphatic heterocycles. The summed E-state index contributed by atoms with van der Waals surface area (Å²) in [5.41, 5.74) is 0.346. The molecule has 1 aromatic carbocycles. The zero-order valence-corrected chi connectivity index (χ0v) is 12.9. The van der Waals surface area contributed by atoms with E-state index >= 15 is 0 Å². The van der Waals surface area contributed by atoms with E-state index in [0.717, 1.165) is 12.8 Å². The van der Waals surface area contributed by atoms with E-state index in [0.29, 0.717) is 17.9 Å². The summed E-state index contributed by atoms with van der Waals surface area (Å²) in [6.45, 7) is 1.67. The van der Waals surface area contributed by atoms with Crippen molar-refractivity contribution in [3.05, 3.63) is 29.8 Å². The minimum Gasteiger partial charge on any atom is -0.493 e. The number of amides is 2. The molecule has 0 aromatic heterocycles. The number of nitrogens with one attached hydrogen (secondary N) is 1. The summed E-state index contributed by atoms with van der Waals surface area (Å²) in [6.07, 6.45) is 1.61. The first kappa shape index (κ1) is 16.8. The third-order valence-electron chi connectivity index (χ3n) is 3.45. The molecule has 2 amide bonds. The van der Waals surface area contributed by atoms with Gasteiger partial charge in [-0.2, -0.15) is 0 Å². The molecule has 1 aliphatic rings. The maximum atomic E-state index is 12.2. The molecule has 1 aromatic rings. The first-order valence-corrected chi connectivity index (χ1v) is 7.54. The lowest BCUT2D eigenvalue weighted by Crippen LogP contribution is -2.43. The molecule has 0 saturated heterocycles. The highest BCUT2D eigenvalue weighted by Gasteiger charge is 2.33. The van der Waals surface area contributed by atoms with E-state index in [1.165, 1.54) is 4.90 Å². The second-order valence-electron chi connectivity index (χ2n) is 5.26. The maximum Gasteiger partial charge on any atom is 0.323 e. The molecule has 0 spiro atoms. The van der Waals surface area contributed by atoms with Crippen molar-refractivity contribution in [3.63, 3.8) is 0 Å². The van der Waals surface area contributed by atoms with E-state index in [1.807, 2.05) is 6.92 Å². The molecule has 0 unspecified atom stereocenters. The smallest absolute Gasteiger partial charge is 0.323 e. The number of ether oxygens (including phenoxy) is 1. The monoisotopic (exact) mass is 320 g/mol. The quantitative estimate of drug-likeness (QED) is 0.741. The first-order chi connectivity index (χ1) is 11.0. The molecule has 7 nitrogen and oxygen atoms in total. The second kappa shape index (κ2) is 7.62. The molecular weight excluding hydrogens is 300 g/mol. The van der Waals surface area contributed by atoms with Crippen LogP contribution in [-0.4, -0.2) is 53.5 Å². The van der Waals surface area contributed by atoms with Crippen LogP contribution in [0.5, 0.6) is 5.75 Å². The van der Waals surface area contributed by atoms with Gasteiger partial charge in [0, 0.05) is 6.04 Å². The van der Waals surface area contributed by atoms with Gasteiger partial charge in [-0.1, -0.05) is 12.1 Å². The molecular formula is C16H20N2O5. The van der Waals surface area contributed by atoms with Crippen LogP contribution in [0.1, 0.15) is 30.1 Å². The Morgan fingerprint density at radius 1 is 1.30 bits per heavy atom. The SMILES string of the molecule is CCOc1ccccc1C(=O)NCC(=O)N(CC(=O)O)C1CC1. The Hall–Kier alpha value is -2.57. The number of hydrogen-bond acceptors (Lipinski definition) is 4. The number of carboxylic acids is 1. The van der Waals surface area contributed by atoms with Gasteiger partial charge in [0.1, 0.15) is 12.3 Å². The van der Waals surface area contributed by atoms with Crippen LogP contribution in [0.2, 0.25) is 0 Å². The van der Waals surface area contributed by atoms with Crippen molar-refractivity contribution in [2.75, 3.05) is 19.7 Å².